The van der Waals surface area contributed by atoms with Gasteiger partial charge in [-0.05, 0) is 13.1 Å². The first kappa shape index (κ1) is 12.3. The molecule has 1 rings (SSSR count). The summed E-state index contributed by atoms with van der Waals surface area (Å²) < 4.78 is 5.53. The van der Waals surface area contributed by atoms with Crippen LogP contribution in [0.2, 0.25) is 5.02 Å². The topological polar surface area (TPSA) is 25.4 Å². The number of halogens is 1. The summed E-state index contributed by atoms with van der Waals surface area (Å²) in [5, 5.41) is 0.607. The largest absolute Gasteiger partial charge is 0.491 e. The van der Waals surface area contributed by atoms with Gasteiger partial charge in [-0.3, -0.25) is 4.98 Å². The molecule has 0 spiro atoms. The fraction of sp³-hybridized carbons (Fsp3) is 0.545. The molecule has 1 aromatic rings. The van der Waals surface area contributed by atoms with Gasteiger partial charge < -0.3 is 9.64 Å². The molecular weight excluding hydrogens is 212 g/mol. The fourth-order valence-corrected chi connectivity index (χ4v) is 1.47. The number of ether oxygens (including phenoxy) is 1. The lowest BCUT2D eigenvalue weighted by atomic mass is 10.4. The summed E-state index contributed by atoms with van der Waals surface area (Å²) in [5.74, 6) is 0.731. The third-order valence-electron chi connectivity index (χ3n) is 2.25. The Bertz CT molecular complexity index is 290. The van der Waals surface area contributed by atoms with Crippen LogP contribution in [-0.2, 0) is 0 Å². The van der Waals surface area contributed by atoms with Crippen molar-refractivity contribution in [2.45, 2.75) is 13.8 Å². The van der Waals surface area contributed by atoms with Gasteiger partial charge in [-0.2, -0.15) is 0 Å². The van der Waals surface area contributed by atoms with Crippen molar-refractivity contribution in [1.29, 1.82) is 0 Å². The Morgan fingerprint density at radius 2 is 2.07 bits per heavy atom. The Morgan fingerprint density at radius 3 is 2.67 bits per heavy atom. The van der Waals surface area contributed by atoms with Gasteiger partial charge in [-0.15, -0.1) is 0 Å². The SMILES string of the molecule is CCN(CC)CCOc1cncc(Cl)c1. The molecule has 84 valence electrons. The highest BCUT2D eigenvalue weighted by Gasteiger charge is 2.00. The molecule has 0 saturated carbocycles. The van der Waals surface area contributed by atoms with E-state index < -0.39 is 0 Å². The van der Waals surface area contributed by atoms with Crippen LogP contribution in [0.5, 0.6) is 5.75 Å². The molecule has 0 aromatic carbocycles. The number of nitrogens with zero attached hydrogens (tertiary/aromatic N) is 2. The summed E-state index contributed by atoms with van der Waals surface area (Å²) >= 11 is 5.79. The Hall–Kier alpha value is -0.800. The molecular formula is C11H17ClN2O. The van der Waals surface area contributed by atoms with Crippen molar-refractivity contribution >= 4 is 11.6 Å². The molecule has 0 unspecified atom stereocenters. The minimum absolute atomic E-state index is 0.607. The van der Waals surface area contributed by atoms with Gasteiger partial charge in [0.25, 0.3) is 0 Å². The summed E-state index contributed by atoms with van der Waals surface area (Å²) in [6, 6.07) is 1.77. The van der Waals surface area contributed by atoms with Crippen molar-refractivity contribution in [3.8, 4) is 5.75 Å². The van der Waals surface area contributed by atoms with Gasteiger partial charge in [0.15, 0.2) is 0 Å². The van der Waals surface area contributed by atoms with Crippen LogP contribution in [0.15, 0.2) is 18.5 Å². The van der Waals surface area contributed by atoms with Crippen LogP contribution in [0.25, 0.3) is 0 Å². The third-order valence-corrected chi connectivity index (χ3v) is 2.46. The molecule has 0 radical (unpaired) electrons. The molecule has 0 amide bonds. The number of hydrogen-bond acceptors (Lipinski definition) is 3. The minimum Gasteiger partial charge on any atom is -0.491 e. The first-order valence-electron chi connectivity index (χ1n) is 5.22. The van der Waals surface area contributed by atoms with Crippen LogP contribution in [0.4, 0.5) is 0 Å². The van der Waals surface area contributed by atoms with Crippen molar-refractivity contribution in [1.82, 2.24) is 9.88 Å². The standard InChI is InChI=1S/C11H17ClN2O/c1-3-14(4-2)5-6-15-11-7-10(12)8-13-9-11/h7-9H,3-6H2,1-2H3. The Kier molecular flexibility index (Phi) is 5.43. The van der Waals surface area contributed by atoms with E-state index in [9.17, 15) is 0 Å². The van der Waals surface area contributed by atoms with Crippen LogP contribution in [0.3, 0.4) is 0 Å². The van der Waals surface area contributed by atoms with Gasteiger partial charge in [0.1, 0.15) is 12.4 Å². The van der Waals surface area contributed by atoms with E-state index in [0.29, 0.717) is 11.6 Å². The van der Waals surface area contributed by atoms with Crippen LogP contribution < -0.4 is 4.74 Å². The van der Waals surface area contributed by atoms with Crippen molar-refractivity contribution in [3.63, 3.8) is 0 Å². The first-order valence-corrected chi connectivity index (χ1v) is 5.59. The summed E-state index contributed by atoms with van der Waals surface area (Å²) in [7, 11) is 0. The normalized spacial score (nSPS) is 10.7. The molecule has 15 heavy (non-hydrogen) atoms. The van der Waals surface area contributed by atoms with E-state index in [4.69, 9.17) is 16.3 Å². The second-order valence-corrected chi connectivity index (χ2v) is 3.65. The lowest BCUT2D eigenvalue weighted by molar-refractivity contribution is 0.222. The lowest BCUT2D eigenvalue weighted by Gasteiger charge is -2.17. The van der Waals surface area contributed by atoms with Crippen molar-refractivity contribution in [2.75, 3.05) is 26.2 Å². The van der Waals surface area contributed by atoms with E-state index >= 15 is 0 Å². The van der Waals surface area contributed by atoms with E-state index in [1.807, 2.05) is 0 Å². The van der Waals surface area contributed by atoms with Crippen molar-refractivity contribution < 1.29 is 4.74 Å². The molecule has 4 heteroatoms. The van der Waals surface area contributed by atoms with E-state index in [1.54, 1.807) is 18.5 Å². The molecule has 0 saturated heterocycles. The van der Waals surface area contributed by atoms with Gasteiger partial charge in [0.05, 0.1) is 11.2 Å². The van der Waals surface area contributed by atoms with Gasteiger partial charge in [-0.1, -0.05) is 25.4 Å². The Labute approximate surface area is 96.0 Å². The fourth-order valence-electron chi connectivity index (χ4n) is 1.30. The second-order valence-electron chi connectivity index (χ2n) is 3.21. The van der Waals surface area contributed by atoms with Gasteiger partial charge in [-0.25, -0.2) is 0 Å². The van der Waals surface area contributed by atoms with Gasteiger partial charge in [0.2, 0.25) is 0 Å². The molecule has 0 fully saturated rings. The molecule has 0 aliphatic heterocycles. The predicted octanol–water partition coefficient (Wildman–Crippen LogP) is 2.46. The number of aromatic nitrogens is 1. The summed E-state index contributed by atoms with van der Waals surface area (Å²) in [4.78, 5) is 6.26. The quantitative estimate of drug-likeness (QED) is 0.748. The number of likely N-dealkylation sites (N-methyl/N-ethyl adjacent to an activating group) is 1. The Balaban J connectivity index is 2.31. The summed E-state index contributed by atoms with van der Waals surface area (Å²) in [6.45, 7) is 7.99. The van der Waals surface area contributed by atoms with E-state index in [-0.39, 0.29) is 0 Å². The molecule has 3 nitrogen and oxygen atoms in total. The smallest absolute Gasteiger partial charge is 0.139 e. The average molecular weight is 229 g/mol. The van der Waals surface area contributed by atoms with E-state index in [0.717, 1.165) is 25.4 Å². The number of hydrogen-bond donors (Lipinski definition) is 0. The molecule has 1 heterocycles. The van der Waals surface area contributed by atoms with Crippen molar-refractivity contribution in [2.24, 2.45) is 0 Å². The average Bonchev–Trinajstić information content (AvgIpc) is 2.25. The monoisotopic (exact) mass is 228 g/mol. The number of rotatable bonds is 6. The summed E-state index contributed by atoms with van der Waals surface area (Å²) in [5.41, 5.74) is 0. The van der Waals surface area contributed by atoms with Crippen LogP contribution >= 0.6 is 11.6 Å². The zero-order valence-electron chi connectivity index (χ0n) is 9.24. The summed E-state index contributed by atoms with van der Waals surface area (Å²) in [6.07, 6.45) is 3.27. The molecule has 0 aliphatic carbocycles. The maximum Gasteiger partial charge on any atom is 0.139 e. The maximum atomic E-state index is 5.79. The molecule has 1 aromatic heterocycles. The van der Waals surface area contributed by atoms with Crippen LogP contribution in [0, 0.1) is 0 Å². The van der Waals surface area contributed by atoms with Crippen LogP contribution in [-0.4, -0.2) is 36.1 Å². The minimum atomic E-state index is 0.607. The highest BCUT2D eigenvalue weighted by molar-refractivity contribution is 6.30. The van der Waals surface area contributed by atoms with E-state index in [1.165, 1.54) is 0 Å². The molecule has 0 aliphatic rings. The predicted molar refractivity (Wildman–Crippen MR) is 62.5 cm³/mol. The second kappa shape index (κ2) is 6.64. The van der Waals surface area contributed by atoms with E-state index in [2.05, 4.69) is 23.7 Å². The lowest BCUT2D eigenvalue weighted by Crippen LogP contribution is -2.27. The molecule has 0 atom stereocenters. The molecule has 0 N–H and O–H groups in total. The van der Waals surface area contributed by atoms with Crippen LogP contribution in [0.1, 0.15) is 13.8 Å². The first-order chi connectivity index (χ1) is 7.26. The molecule has 0 bridgehead atoms. The van der Waals surface area contributed by atoms with Crippen molar-refractivity contribution in [3.05, 3.63) is 23.5 Å². The van der Waals surface area contributed by atoms with Gasteiger partial charge >= 0.3 is 0 Å². The highest BCUT2D eigenvalue weighted by Crippen LogP contribution is 2.14. The van der Waals surface area contributed by atoms with Gasteiger partial charge in [0, 0.05) is 18.8 Å². The highest BCUT2D eigenvalue weighted by atomic mass is 35.5. The maximum absolute atomic E-state index is 5.79. The number of pyridine rings is 1. The zero-order chi connectivity index (χ0) is 11.1. The Morgan fingerprint density at radius 1 is 1.33 bits per heavy atom. The third kappa shape index (κ3) is 4.49. The zero-order valence-corrected chi connectivity index (χ0v) is 10.00.